The Labute approximate surface area is 174 Å². The minimum absolute atomic E-state index is 0.0322. The zero-order valence-corrected chi connectivity index (χ0v) is 16.3. The number of hydrogen-bond acceptors (Lipinski definition) is 4. The highest BCUT2D eigenvalue weighted by Gasteiger charge is 2.45. The SMILES string of the molecule is O=C(O)c1cn(-c2ccc(F)cc2F)c2cc(N3CCNC4(CC4)C3)c(F)cc2c1=O. The molecule has 0 radical (unpaired) electrons. The van der Waals surface area contributed by atoms with Gasteiger partial charge in [0.25, 0.3) is 0 Å². The van der Waals surface area contributed by atoms with E-state index in [2.05, 4.69) is 5.32 Å². The molecule has 1 spiro atoms. The molecule has 6 nitrogen and oxygen atoms in total. The molecule has 31 heavy (non-hydrogen) atoms. The van der Waals surface area contributed by atoms with E-state index >= 15 is 4.39 Å². The third-order valence-electron chi connectivity index (χ3n) is 6.04. The molecule has 1 aliphatic heterocycles. The van der Waals surface area contributed by atoms with E-state index in [1.165, 1.54) is 6.07 Å². The number of fused-ring (bicyclic) bond motifs is 1. The maximum Gasteiger partial charge on any atom is 0.341 e. The molecule has 3 aromatic rings. The Bertz CT molecular complexity index is 1300. The molecule has 0 atom stereocenters. The van der Waals surface area contributed by atoms with Crippen LogP contribution in [0.2, 0.25) is 0 Å². The summed E-state index contributed by atoms with van der Waals surface area (Å²) >= 11 is 0. The Hall–Kier alpha value is -3.33. The van der Waals surface area contributed by atoms with Crippen LogP contribution in [-0.4, -0.2) is 40.8 Å². The van der Waals surface area contributed by atoms with Crippen molar-refractivity contribution in [2.24, 2.45) is 0 Å². The van der Waals surface area contributed by atoms with Crippen molar-refractivity contribution in [2.75, 3.05) is 24.5 Å². The predicted octanol–water partition coefficient (Wildman–Crippen LogP) is 3.05. The number of rotatable bonds is 3. The lowest BCUT2D eigenvalue weighted by Gasteiger charge is -2.36. The standard InChI is InChI=1S/C22H18F3N3O3/c23-12-1-2-17(15(24)7-12)28-10-14(21(30)31)20(29)13-8-16(25)19(9-18(13)28)27-6-5-26-22(11-27)3-4-22/h1-2,7-10,26H,3-6,11H2,(H,30,31). The smallest absolute Gasteiger partial charge is 0.341 e. The molecule has 1 aliphatic carbocycles. The number of aromatic nitrogens is 1. The van der Waals surface area contributed by atoms with E-state index in [1.807, 2.05) is 4.90 Å². The number of carbonyl (C=O) groups is 1. The number of halogens is 3. The molecule has 2 heterocycles. The van der Waals surface area contributed by atoms with Crippen LogP contribution in [0.25, 0.3) is 16.6 Å². The van der Waals surface area contributed by atoms with Gasteiger partial charge in [0, 0.05) is 42.8 Å². The molecule has 0 unspecified atom stereocenters. The summed E-state index contributed by atoms with van der Waals surface area (Å²) in [5, 5.41) is 12.7. The predicted molar refractivity (Wildman–Crippen MR) is 109 cm³/mol. The number of anilines is 1. The van der Waals surface area contributed by atoms with Crippen LogP contribution >= 0.6 is 0 Å². The molecule has 9 heteroatoms. The number of carboxylic acids is 1. The van der Waals surface area contributed by atoms with Crippen molar-refractivity contribution in [2.45, 2.75) is 18.4 Å². The molecular weight excluding hydrogens is 411 g/mol. The van der Waals surface area contributed by atoms with Crippen LogP contribution in [0.4, 0.5) is 18.9 Å². The monoisotopic (exact) mass is 429 g/mol. The van der Waals surface area contributed by atoms with Crippen molar-refractivity contribution >= 4 is 22.6 Å². The fourth-order valence-corrected chi connectivity index (χ4v) is 4.25. The Balaban J connectivity index is 1.76. The summed E-state index contributed by atoms with van der Waals surface area (Å²) in [5.74, 6) is -3.92. The number of nitrogens with one attached hydrogen (secondary N) is 1. The molecule has 1 saturated heterocycles. The molecule has 0 amide bonds. The summed E-state index contributed by atoms with van der Waals surface area (Å²) in [4.78, 5) is 26.2. The van der Waals surface area contributed by atoms with Gasteiger partial charge in [0.05, 0.1) is 16.9 Å². The van der Waals surface area contributed by atoms with Crippen molar-refractivity contribution in [1.29, 1.82) is 0 Å². The largest absolute Gasteiger partial charge is 0.477 e. The average Bonchev–Trinajstić information content (AvgIpc) is 3.46. The highest BCUT2D eigenvalue weighted by molar-refractivity contribution is 5.94. The van der Waals surface area contributed by atoms with Gasteiger partial charge in [-0.25, -0.2) is 18.0 Å². The summed E-state index contributed by atoms with van der Waals surface area (Å²) in [7, 11) is 0. The van der Waals surface area contributed by atoms with Crippen LogP contribution in [-0.2, 0) is 0 Å². The van der Waals surface area contributed by atoms with Gasteiger partial charge >= 0.3 is 5.97 Å². The van der Waals surface area contributed by atoms with Crippen molar-refractivity contribution in [3.8, 4) is 5.69 Å². The Morgan fingerprint density at radius 1 is 1.06 bits per heavy atom. The van der Waals surface area contributed by atoms with Gasteiger partial charge in [-0.05, 0) is 37.1 Å². The third kappa shape index (κ3) is 3.25. The van der Waals surface area contributed by atoms with Crippen LogP contribution in [0.1, 0.15) is 23.2 Å². The molecule has 0 bridgehead atoms. The zero-order chi connectivity index (χ0) is 21.9. The quantitative estimate of drug-likeness (QED) is 0.670. The zero-order valence-electron chi connectivity index (χ0n) is 16.3. The first-order valence-electron chi connectivity index (χ1n) is 9.86. The highest BCUT2D eigenvalue weighted by atomic mass is 19.1. The molecule has 5 rings (SSSR count). The van der Waals surface area contributed by atoms with Crippen molar-refractivity contribution < 1.29 is 23.1 Å². The lowest BCUT2D eigenvalue weighted by molar-refractivity contribution is 0.0695. The van der Waals surface area contributed by atoms with E-state index in [1.54, 1.807) is 0 Å². The summed E-state index contributed by atoms with van der Waals surface area (Å²) in [6.07, 6.45) is 2.98. The first kappa shape index (κ1) is 19.6. The second-order valence-electron chi connectivity index (χ2n) is 8.09. The summed E-state index contributed by atoms with van der Waals surface area (Å²) in [6.45, 7) is 1.82. The number of carboxylic acid groups (broad SMARTS) is 1. The van der Waals surface area contributed by atoms with Crippen molar-refractivity contribution in [3.05, 3.63) is 69.8 Å². The van der Waals surface area contributed by atoms with Crippen LogP contribution in [0.15, 0.2) is 41.3 Å². The van der Waals surface area contributed by atoms with E-state index in [4.69, 9.17) is 0 Å². The number of piperazine rings is 1. The van der Waals surface area contributed by atoms with Gasteiger partial charge in [-0.2, -0.15) is 0 Å². The Morgan fingerprint density at radius 3 is 2.48 bits per heavy atom. The Morgan fingerprint density at radius 2 is 1.81 bits per heavy atom. The minimum Gasteiger partial charge on any atom is -0.477 e. The van der Waals surface area contributed by atoms with Crippen LogP contribution in [0.3, 0.4) is 0 Å². The van der Waals surface area contributed by atoms with Crippen molar-refractivity contribution in [1.82, 2.24) is 9.88 Å². The molecule has 2 N–H and O–H groups in total. The molecule has 1 saturated carbocycles. The van der Waals surface area contributed by atoms with E-state index < -0.39 is 34.4 Å². The van der Waals surface area contributed by atoms with Crippen LogP contribution in [0.5, 0.6) is 0 Å². The molecular formula is C22H18F3N3O3. The maximum absolute atomic E-state index is 15.1. The molecule has 2 aromatic carbocycles. The number of pyridine rings is 1. The first-order chi connectivity index (χ1) is 14.8. The number of aromatic carboxylic acids is 1. The second kappa shape index (κ2) is 6.84. The number of nitrogens with zero attached hydrogens (tertiary/aromatic N) is 2. The Kier molecular flexibility index (Phi) is 4.33. The normalized spacial score (nSPS) is 17.3. The van der Waals surface area contributed by atoms with Crippen LogP contribution in [0, 0.1) is 17.5 Å². The number of hydrogen-bond donors (Lipinski definition) is 2. The molecule has 160 valence electrons. The van der Waals surface area contributed by atoms with E-state index in [0.717, 1.165) is 41.8 Å². The summed E-state index contributed by atoms with van der Waals surface area (Å²) < 4.78 is 44.2. The van der Waals surface area contributed by atoms with E-state index in [-0.39, 0.29) is 27.8 Å². The fraction of sp³-hybridized carbons (Fsp3) is 0.273. The van der Waals surface area contributed by atoms with Gasteiger partial charge < -0.3 is 19.9 Å². The second-order valence-corrected chi connectivity index (χ2v) is 8.09. The number of benzene rings is 2. The van der Waals surface area contributed by atoms with Crippen LogP contribution < -0.4 is 15.6 Å². The van der Waals surface area contributed by atoms with Gasteiger partial charge in [-0.1, -0.05) is 0 Å². The average molecular weight is 429 g/mol. The molecule has 2 aliphatic rings. The highest BCUT2D eigenvalue weighted by Crippen LogP contribution is 2.39. The molecule has 2 fully saturated rings. The minimum atomic E-state index is -1.52. The lowest BCUT2D eigenvalue weighted by atomic mass is 10.1. The topological polar surface area (TPSA) is 74.6 Å². The third-order valence-corrected chi connectivity index (χ3v) is 6.04. The van der Waals surface area contributed by atoms with Gasteiger partial charge in [0.2, 0.25) is 5.43 Å². The van der Waals surface area contributed by atoms with Gasteiger partial charge in [-0.15, -0.1) is 0 Å². The van der Waals surface area contributed by atoms with Crippen molar-refractivity contribution in [3.63, 3.8) is 0 Å². The first-order valence-corrected chi connectivity index (χ1v) is 9.86. The van der Waals surface area contributed by atoms with Gasteiger partial charge in [0.15, 0.2) is 0 Å². The van der Waals surface area contributed by atoms with Gasteiger partial charge in [0.1, 0.15) is 23.0 Å². The summed E-state index contributed by atoms with van der Waals surface area (Å²) in [6, 6.07) is 5.27. The van der Waals surface area contributed by atoms with Gasteiger partial charge in [-0.3, -0.25) is 4.79 Å². The maximum atomic E-state index is 15.1. The molecule has 1 aromatic heterocycles. The van der Waals surface area contributed by atoms with E-state index in [9.17, 15) is 23.5 Å². The summed E-state index contributed by atoms with van der Waals surface area (Å²) in [5.41, 5.74) is -1.30. The lowest BCUT2D eigenvalue weighted by Crippen LogP contribution is -2.52. The fourth-order valence-electron chi connectivity index (χ4n) is 4.25. The van der Waals surface area contributed by atoms with E-state index in [0.29, 0.717) is 25.7 Å².